The SMILES string of the molecule is C[C@H](C(=O)NC1CCCCC1)N(Cc1cccc(Cl)c1)C(=O)CN(C)S(=O)(=O)c1ccc2ccccc2c1. The molecule has 4 rings (SSSR count). The van der Waals surface area contributed by atoms with Crippen LogP contribution in [-0.4, -0.2) is 55.1 Å². The number of fused-ring (bicyclic) bond motifs is 1. The van der Waals surface area contributed by atoms with Crippen LogP contribution in [0.1, 0.15) is 44.6 Å². The first-order chi connectivity index (χ1) is 18.1. The second-order valence-corrected chi connectivity index (χ2v) is 12.4. The first-order valence-corrected chi connectivity index (χ1v) is 14.8. The smallest absolute Gasteiger partial charge is 0.243 e. The predicted octanol–water partition coefficient (Wildman–Crippen LogP) is 4.98. The Bertz CT molecular complexity index is 1410. The van der Waals surface area contributed by atoms with Crippen LogP contribution in [0.2, 0.25) is 5.02 Å². The molecule has 1 N–H and O–H groups in total. The molecule has 1 fully saturated rings. The van der Waals surface area contributed by atoms with Gasteiger partial charge in [0.2, 0.25) is 21.8 Å². The van der Waals surface area contributed by atoms with Crippen molar-refractivity contribution in [3.8, 4) is 0 Å². The van der Waals surface area contributed by atoms with Gasteiger partial charge in [0.15, 0.2) is 0 Å². The summed E-state index contributed by atoms with van der Waals surface area (Å²) < 4.78 is 27.8. The molecule has 0 saturated heterocycles. The predicted molar refractivity (Wildman–Crippen MR) is 150 cm³/mol. The van der Waals surface area contributed by atoms with E-state index < -0.39 is 28.5 Å². The molecular formula is C29H34ClN3O4S. The van der Waals surface area contributed by atoms with Crippen molar-refractivity contribution < 1.29 is 18.0 Å². The Balaban J connectivity index is 1.54. The molecule has 1 saturated carbocycles. The van der Waals surface area contributed by atoms with Gasteiger partial charge in [-0.1, -0.05) is 73.3 Å². The van der Waals surface area contributed by atoms with Crippen molar-refractivity contribution in [2.45, 2.75) is 62.6 Å². The maximum Gasteiger partial charge on any atom is 0.243 e. The van der Waals surface area contributed by atoms with E-state index >= 15 is 0 Å². The molecule has 0 spiro atoms. The number of likely N-dealkylation sites (N-methyl/N-ethyl adjacent to an activating group) is 1. The summed E-state index contributed by atoms with van der Waals surface area (Å²) in [6, 6.07) is 18.8. The summed E-state index contributed by atoms with van der Waals surface area (Å²) in [5.74, 6) is -0.713. The molecule has 1 atom stereocenters. The average molecular weight is 556 g/mol. The van der Waals surface area contributed by atoms with E-state index in [1.165, 1.54) is 18.4 Å². The normalized spacial score (nSPS) is 15.4. The zero-order chi connectivity index (χ0) is 27.3. The van der Waals surface area contributed by atoms with Gasteiger partial charge < -0.3 is 10.2 Å². The molecule has 38 heavy (non-hydrogen) atoms. The van der Waals surface area contributed by atoms with Crippen molar-refractivity contribution >= 4 is 44.2 Å². The van der Waals surface area contributed by atoms with Gasteiger partial charge in [0.05, 0.1) is 11.4 Å². The number of hydrogen-bond acceptors (Lipinski definition) is 4. The van der Waals surface area contributed by atoms with Crippen molar-refractivity contribution in [1.29, 1.82) is 0 Å². The standard InChI is InChI=1S/C29H34ClN3O4S/c1-21(29(35)31-26-13-4-3-5-14-26)33(19-22-9-8-12-25(30)17-22)28(34)20-32(2)38(36,37)27-16-15-23-10-6-7-11-24(23)18-27/h6-12,15-18,21,26H,3-5,13-14,19-20H2,1-2H3,(H,31,35)/t21-/m1/s1. The van der Waals surface area contributed by atoms with Crippen LogP contribution in [0.25, 0.3) is 10.8 Å². The largest absolute Gasteiger partial charge is 0.352 e. The number of amides is 2. The summed E-state index contributed by atoms with van der Waals surface area (Å²) in [5, 5.41) is 5.33. The fourth-order valence-corrected chi connectivity index (χ4v) is 6.23. The minimum atomic E-state index is -3.94. The second-order valence-electron chi connectivity index (χ2n) is 9.94. The molecule has 1 aliphatic carbocycles. The number of hydrogen-bond donors (Lipinski definition) is 1. The van der Waals surface area contributed by atoms with Gasteiger partial charge in [-0.3, -0.25) is 9.59 Å². The molecule has 0 unspecified atom stereocenters. The summed E-state index contributed by atoms with van der Waals surface area (Å²) in [6.45, 7) is 1.40. The van der Waals surface area contributed by atoms with E-state index in [1.807, 2.05) is 30.3 Å². The average Bonchev–Trinajstić information content (AvgIpc) is 2.91. The third kappa shape index (κ3) is 6.73. The summed E-state index contributed by atoms with van der Waals surface area (Å²) in [7, 11) is -2.56. The van der Waals surface area contributed by atoms with E-state index in [9.17, 15) is 18.0 Å². The molecule has 3 aromatic rings. The minimum Gasteiger partial charge on any atom is -0.352 e. The van der Waals surface area contributed by atoms with Gasteiger partial charge in [0.1, 0.15) is 6.04 Å². The molecule has 9 heteroatoms. The third-order valence-electron chi connectivity index (χ3n) is 7.15. The van der Waals surface area contributed by atoms with Gasteiger partial charge in [-0.2, -0.15) is 4.31 Å². The van der Waals surface area contributed by atoms with E-state index in [2.05, 4.69) is 5.32 Å². The zero-order valence-electron chi connectivity index (χ0n) is 21.8. The highest BCUT2D eigenvalue weighted by Crippen LogP contribution is 2.22. The number of halogens is 1. The number of sulfonamides is 1. The molecule has 0 aliphatic heterocycles. The topological polar surface area (TPSA) is 86.8 Å². The molecule has 3 aromatic carbocycles. The minimum absolute atomic E-state index is 0.0952. The van der Waals surface area contributed by atoms with E-state index in [0.29, 0.717) is 5.02 Å². The molecule has 1 aliphatic rings. The number of carbonyl (C=O) groups is 2. The van der Waals surface area contributed by atoms with Crippen LogP contribution in [0.15, 0.2) is 71.6 Å². The van der Waals surface area contributed by atoms with Crippen LogP contribution in [0.5, 0.6) is 0 Å². The van der Waals surface area contributed by atoms with Crippen LogP contribution >= 0.6 is 11.6 Å². The number of benzene rings is 3. The summed E-state index contributed by atoms with van der Waals surface area (Å²) >= 11 is 6.16. The highest BCUT2D eigenvalue weighted by molar-refractivity contribution is 7.89. The van der Waals surface area contributed by atoms with Gasteiger partial charge in [0, 0.05) is 24.7 Å². The van der Waals surface area contributed by atoms with Crippen LogP contribution in [0, 0.1) is 0 Å². The van der Waals surface area contributed by atoms with E-state index in [0.717, 1.165) is 46.3 Å². The zero-order valence-corrected chi connectivity index (χ0v) is 23.3. The Kier molecular flexibility index (Phi) is 9.07. The quantitative estimate of drug-likeness (QED) is 0.403. The molecule has 0 radical (unpaired) electrons. The lowest BCUT2D eigenvalue weighted by molar-refractivity contribution is -0.141. The molecular weight excluding hydrogens is 522 g/mol. The Morgan fingerprint density at radius 3 is 2.39 bits per heavy atom. The van der Waals surface area contributed by atoms with E-state index in [1.54, 1.807) is 43.3 Å². The molecule has 0 heterocycles. The first-order valence-electron chi connectivity index (χ1n) is 12.9. The van der Waals surface area contributed by atoms with E-state index in [4.69, 9.17) is 11.6 Å². The lowest BCUT2D eigenvalue weighted by atomic mass is 9.95. The molecule has 202 valence electrons. The van der Waals surface area contributed by atoms with Crippen LogP contribution in [0.4, 0.5) is 0 Å². The van der Waals surface area contributed by atoms with Crippen molar-refractivity contribution in [3.63, 3.8) is 0 Å². The van der Waals surface area contributed by atoms with Crippen molar-refractivity contribution in [1.82, 2.24) is 14.5 Å². The molecule has 7 nitrogen and oxygen atoms in total. The van der Waals surface area contributed by atoms with Gasteiger partial charge in [-0.25, -0.2) is 8.42 Å². The van der Waals surface area contributed by atoms with Crippen LogP contribution in [-0.2, 0) is 26.2 Å². The monoisotopic (exact) mass is 555 g/mol. The lowest BCUT2D eigenvalue weighted by Crippen LogP contribution is -2.52. The maximum absolute atomic E-state index is 13.6. The maximum atomic E-state index is 13.6. The summed E-state index contributed by atoms with van der Waals surface area (Å²) in [4.78, 5) is 28.3. The highest BCUT2D eigenvalue weighted by Gasteiger charge is 2.31. The lowest BCUT2D eigenvalue weighted by Gasteiger charge is -2.32. The first kappa shape index (κ1) is 28.1. The second kappa shape index (κ2) is 12.3. The van der Waals surface area contributed by atoms with Gasteiger partial charge >= 0.3 is 0 Å². The van der Waals surface area contributed by atoms with Crippen molar-refractivity contribution in [3.05, 3.63) is 77.3 Å². The van der Waals surface area contributed by atoms with Crippen molar-refractivity contribution in [2.24, 2.45) is 0 Å². The Labute approximate surface area is 229 Å². The van der Waals surface area contributed by atoms with E-state index in [-0.39, 0.29) is 23.4 Å². The Morgan fingerprint density at radius 2 is 1.68 bits per heavy atom. The molecule has 0 bridgehead atoms. The van der Waals surface area contributed by atoms with Gasteiger partial charge in [-0.15, -0.1) is 0 Å². The highest BCUT2D eigenvalue weighted by atomic mass is 35.5. The Morgan fingerprint density at radius 1 is 0.974 bits per heavy atom. The van der Waals surface area contributed by atoms with Crippen molar-refractivity contribution in [2.75, 3.05) is 13.6 Å². The number of carbonyl (C=O) groups excluding carboxylic acids is 2. The summed E-state index contributed by atoms with van der Waals surface area (Å²) in [6.07, 6.45) is 5.16. The van der Waals surface area contributed by atoms with Gasteiger partial charge in [0.25, 0.3) is 0 Å². The number of nitrogens with one attached hydrogen (secondary N) is 1. The number of rotatable bonds is 9. The fourth-order valence-electron chi connectivity index (χ4n) is 4.86. The van der Waals surface area contributed by atoms with Crippen LogP contribution in [0.3, 0.4) is 0 Å². The fraction of sp³-hybridized carbons (Fsp3) is 0.379. The number of nitrogens with zero attached hydrogens (tertiary/aromatic N) is 2. The third-order valence-corrected chi connectivity index (χ3v) is 9.18. The van der Waals surface area contributed by atoms with Gasteiger partial charge in [-0.05, 0) is 60.4 Å². The Hall–Kier alpha value is -2.94. The molecule has 0 aromatic heterocycles. The molecule has 2 amide bonds. The summed E-state index contributed by atoms with van der Waals surface area (Å²) in [5.41, 5.74) is 0.753. The van der Waals surface area contributed by atoms with Crippen LogP contribution < -0.4 is 5.32 Å².